The third kappa shape index (κ3) is 6.35. The van der Waals surface area contributed by atoms with Crippen LogP contribution in [0.4, 0.5) is 0 Å². The maximum absolute atomic E-state index is 4.68. The van der Waals surface area contributed by atoms with Gasteiger partial charge in [0.15, 0.2) is 5.96 Å². The van der Waals surface area contributed by atoms with Crippen molar-refractivity contribution >= 4 is 41.3 Å². The van der Waals surface area contributed by atoms with Gasteiger partial charge in [-0.2, -0.15) is 5.10 Å². The summed E-state index contributed by atoms with van der Waals surface area (Å²) >= 11 is 1.76. The molecule has 0 radical (unpaired) electrons. The second-order valence-electron chi connectivity index (χ2n) is 6.03. The van der Waals surface area contributed by atoms with Gasteiger partial charge in [0.2, 0.25) is 0 Å². The minimum Gasteiger partial charge on any atom is -0.357 e. The fourth-order valence-corrected chi connectivity index (χ4v) is 3.42. The molecule has 0 aliphatic heterocycles. The maximum atomic E-state index is 4.68. The fourth-order valence-electron chi connectivity index (χ4n) is 2.60. The monoisotopic (exact) mass is 495 g/mol. The zero-order valence-electron chi connectivity index (χ0n) is 15.7. The number of aromatic nitrogens is 2. The number of nitrogens with one attached hydrogen (secondary N) is 2. The van der Waals surface area contributed by atoms with E-state index in [-0.39, 0.29) is 24.0 Å². The summed E-state index contributed by atoms with van der Waals surface area (Å²) in [6, 6.07) is 12.3. The van der Waals surface area contributed by atoms with E-state index < -0.39 is 0 Å². The molecule has 0 aliphatic rings. The molecule has 0 amide bonds. The minimum absolute atomic E-state index is 0. The lowest BCUT2D eigenvalue weighted by Gasteiger charge is -2.10. The summed E-state index contributed by atoms with van der Waals surface area (Å²) in [5.74, 6) is 0.857. The van der Waals surface area contributed by atoms with Crippen molar-refractivity contribution in [1.82, 2.24) is 20.4 Å². The summed E-state index contributed by atoms with van der Waals surface area (Å²) in [5.41, 5.74) is 3.59. The molecule has 1 aromatic carbocycles. The van der Waals surface area contributed by atoms with Gasteiger partial charge in [0.05, 0.1) is 18.4 Å². The largest absolute Gasteiger partial charge is 0.357 e. The number of benzene rings is 1. The van der Waals surface area contributed by atoms with Crippen molar-refractivity contribution in [2.75, 3.05) is 13.1 Å². The van der Waals surface area contributed by atoms with E-state index >= 15 is 0 Å². The highest BCUT2D eigenvalue weighted by Crippen LogP contribution is 2.16. The van der Waals surface area contributed by atoms with Crippen LogP contribution in [-0.4, -0.2) is 28.8 Å². The number of para-hydroxylation sites is 1. The third-order valence-electron chi connectivity index (χ3n) is 4.06. The van der Waals surface area contributed by atoms with E-state index in [0.29, 0.717) is 6.54 Å². The maximum Gasteiger partial charge on any atom is 0.191 e. The molecular formula is C20H26IN5S. The summed E-state index contributed by atoms with van der Waals surface area (Å²) in [4.78, 5) is 6.00. The van der Waals surface area contributed by atoms with Crippen LogP contribution in [0, 0.1) is 6.92 Å². The van der Waals surface area contributed by atoms with Gasteiger partial charge in [-0.1, -0.05) is 18.2 Å². The lowest BCUT2D eigenvalue weighted by atomic mass is 10.2. The first-order valence-electron chi connectivity index (χ1n) is 8.90. The van der Waals surface area contributed by atoms with Gasteiger partial charge >= 0.3 is 0 Å². The number of halogens is 1. The van der Waals surface area contributed by atoms with Crippen LogP contribution >= 0.6 is 35.3 Å². The van der Waals surface area contributed by atoms with Gasteiger partial charge < -0.3 is 10.6 Å². The molecule has 0 bridgehead atoms. The van der Waals surface area contributed by atoms with E-state index in [2.05, 4.69) is 64.3 Å². The Bertz CT molecular complexity index is 841. The molecule has 3 aromatic rings. The molecule has 27 heavy (non-hydrogen) atoms. The molecular weight excluding hydrogens is 469 g/mol. The van der Waals surface area contributed by atoms with E-state index in [1.807, 2.05) is 29.1 Å². The van der Waals surface area contributed by atoms with Crippen LogP contribution in [-0.2, 0) is 13.0 Å². The molecule has 2 N–H and O–H groups in total. The Labute approximate surface area is 181 Å². The molecule has 0 fully saturated rings. The van der Waals surface area contributed by atoms with Crippen LogP contribution in [0.15, 0.2) is 59.2 Å². The summed E-state index contributed by atoms with van der Waals surface area (Å²) < 4.78 is 1.91. The van der Waals surface area contributed by atoms with Crippen LogP contribution in [0.1, 0.15) is 22.9 Å². The molecule has 144 valence electrons. The number of aliphatic imine (C=N–C) groups is 1. The summed E-state index contributed by atoms with van der Waals surface area (Å²) in [7, 11) is 0. The van der Waals surface area contributed by atoms with Crippen LogP contribution in [0.25, 0.3) is 5.69 Å². The Morgan fingerprint density at radius 2 is 2.00 bits per heavy atom. The predicted molar refractivity (Wildman–Crippen MR) is 125 cm³/mol. The average Bonchev–Trinajstić information content (AvgIpc) is 3.29. The van der Waals surface area contributed by atoms with Gasteiger partial charge in [-0.15, -0.1) is 35.3 Å². The van der Waals surface area contributed by atoms with Crippen molar-refractivity contribution in [3.63, 3.8) is 0 Å². The van der Waals surface area contributed by atoms with Crippen LogP contribution in [0.3, 0.4) is 0 Å². The van der Waals surface area contributed by atoms with Crippen molar-refractivity contribution < 1.29 is 0 Å². The normalized spacial score (nSPS) is 11.1. The average molecular weight is 495 g/mol. The van der Waals surface area contributed by atoms with Crippen LogP contribution in [0.2, 0.25) is 0 Å². The standard InChI is InChI=1S/C20H25N5S.HI/c1-3-21-20(23-14-19-16(2)10-12-26-19)22-11-9-17-13-24-25(15-17)18-7-5-4-6-8-18;/h4-8,10,12-13,15H,3,9,11,14H2,1-2H3,(H2,21,22,23);1H. The molecule has 0 unspecified atom stereocenters. The van der Waals surface area contributed by atoms with E-state index in [1.165, 1.54) is 16.0 Å². The first-order chi connectivity index (χ1) is 12.8. The second kappa shape index (κ2) is 11.1. The molecule has 7 heteroatoms. The molecule has 2 heterocycles. The van der Waals surface area contributed by atoms with Crippen molar-refractivity contribution in [3.8, 4) is 5.69 Å². The topological polar surface area (TPSA) is 54.2 Å². The fraction of sp³-hybridized carbons (Fsp3) is 0.300. The minimum atomic E-state index is 0. The number of nitrogens with zero attached hydrogens (tertiary/aromatic N) is 3. The number of rotatable bonds is 7. The molecule has 5 nitrogen and oxygen atoms in total. The van der Waals surface area contributed by atoms with Crippen molar-refractivity contribution in [2.24, 2.45) is 4.99 Å². The van der Waals surface area contributed by atoms with Gasteiger partial charge in [-0.25, -0.2) is 9.67 Å². The molecule has 0 spiro atoms. The van der Waals surface area contributed by atoms with E-state index in [9.17, 15) is 0 Å². The van der Waals surface area contributed by atoms with Crippen LogP contribution < -0.4 is 10.6 Å². The summed E-state index contributed by atoms with van der Waals surface area (Å²) in [6.07, 6.45) is 4.90. The molecule has 0 aliphatic carbocycles. The van der Waals surface area contributed by atoms with E-state index in [1.54, 1.807) is 11.3 Å². The molecule has 3 rings (SSSR count). The van der Waals surface area contributed by atoms with E-state index in [4.69, 9.17) is 0 Å². The highest BCUT2D eigenvalue weighted by molar-refractivity contribution is 14.0. The number of guanidine groups is 1. The Hall–Kier alpha value is -1.87. The van der Waals surface area contributed by atoms with Gasteiger partial charge in [0.1, 0.15) is 0 Å². The number of aryl methyl sites for hydroxylation is 1. The highest BCUT2D eigenvalue weighted by Gasteiger charge is 2.03. The quantitative estimate of drug-likeness (QED) is 0.294. The number of hydrogen-bond donors (Lipinski definition) is 2. The van der Waals surface area contributed by atoms with E-state index in [0.717, 1.165) is 31.2 Å². The summed E-state index contributed by atoms with van der Waals surface area (Å²) in [6.45, 7) is 6.59. The lowest BCUT2D eigenvalue weighted by Crippen LogP contribution is -2.38. The number of hydrogen-bond acceptors (Lipinski definition) is 3. The zero-order valence-corrected chi connectivity index (χ0v) is 18.8. The summed E-state index contributed by atoms with van der Waals surface area (Å²) in [5, 5.41) is 13.3. The Kier molecular flexibility index (Phi) is 8.80. The Balaban J connectivity index is 0.00000261. The first kappa shape index (κ1) is 21.4. The first-order valence-corrected chi connectivity index (χ1v) is 9.78. The van der Waals surface area contributed by atoms with Gasteiger partial charge in [0.25, 0.3) is 0 Å². The Morgan fingerprint density at radius 1 is 1.19 bits per heavy atom. The molecule has 2 aromatic heterocycles. The van der Waals surface area contributed by atoms with Gasteiger partial charge in [0, 0.05) is 24.2 Å². The third-order valence-corrected chi connectivity index (χ3v) is 5.06. The molecule has 0 saturated carbocycles. The van der Waals surface area contributed by atoms with Crippen molar-refractivity contribution in [1.29, 1.82) is 0 Å². The number of thiophene rings is 1. The SMILES string of the molecule is CCNC(=NCc1sccc1C)NCCc1cnn(-c2ccccc2)c1.I. The smallest absolute Gasteiger partial charge is 0.191 e. The van der Waals surface area contributed by atoms with Gasteiger partial charge in [-0.05, 0) is 55.0 Å². The predicted octanol–water partition coefficient (Wildman–Crippen LogP) is 4.16. The Morgan fingerprint density at radius 3 is 2.70 bits per heavy atom. The zero-order chi connectivity index (χ0) is 18.2. The van der Waals surface area contributed by atoms with Crippen molar-refractivity contribution in [2.45, 2.75) is 26.8 Å². The second-order valence-corrected chi connectivity index (χ2v) is 7.03. The lowest BCUT2D eigenvalue weighted by molar-refractivity contribution is 0.800. The van der Waals surface area contributed by atoms with Crippen molar-refractivity contribution in [3.05, 3.63) is 70.2 Å². The molecule has 0 saturated heterocycles. The van der Waals surface area contributed by atoms with Crippen LogP contribution in [0.5, 0.6) is 0 Å². The highest BCUT2D eigenvalue weighted by atomic mass is 127. The van der Waals surface area contributed by atoms with Gasteiger partial charge in [-0.3, -0.25) is 0 Å². The molecule has 0 atom stereocenters.